The molecule has 1 heterocycles. The number of nitriles is 1. The number of nitrogens with zero attached hydrogens (tertiary/aromatic N) is 2. The molecular formula is C22H21N3O. The third-order valence-corrected chi connectivity index (χ3v) is 4.87. The van der Waals surface area contributed by atoms with Crippen molar-refractivity contribution in [1.82, 2.24) is 4.57 Å². The van der Waals surface area contributed by atoms with Gasteiger partial charge < -0.3 is 9.88 Å². The Labute approximate surface area is 153 Å². The average molecular weight is 343 g/mol. The number of aryl methyl sites for hydroxylation is 3. The minimum absolute atomic E-state index is 0.0858. The van der Waals surface area contributed by atoms with E-state index < -0.39 is 5.91 Å². The Morgan fingerprint density at radius 2 is 1.85 bits per heavy atom. The van der Waals surface area contributed by atoms with Gasteiger partial charge in [-0.3, -0.25) is 4.79 Å². The van der Waals surface area contributed by atoms with Crippen molar-refractivity contribution in [3.05, 3.63) is 70.4 Å². The molecule has 0 atom stereocenters. The van der Waals surface area contributed by atoms with E-state index in [1.165, 1.54) is 0 Å². The minimum Gasteiger partial charge on any atom is -0.347 e. The maximum Gasteiger partial charge on any atom is 0.266 e. The number of aromatic nitrogens is 1. The zero-order valence-corrected chi connectivity index (χ0v) is 15.4. The standard InChI is InChI=1S/C22H21N3O/c1-14-9-10-18(11-15(14)2)24-22(26)17(13-23)12-20-16(3)25(4)21-8-6-5-7-19(20)21/h5-12H,1-4H3,(H,24,26)/b17-12+. The molecule has 0 bridgehead atoms. The van der Waals surface area contributed by atoms with Gasteiger partial charge in [-0.15, -0.1) is 0 Å². The van der Waals surface area contributed by atoms with E-state index in [1.807, 2.05) is 76.4 Å². The number of hydrogen-bond acceptors (Lipinski definition) is 2. The molecule has 1 amide bonds. The normalized spacial score (nSPS) is 11.4. The van der Waals surface area contributed by atoms with Crippen LogP contribution in [0.4, 0.5) is 5.69 Å². The predicted molar refractivity (Wildman–Crippen MR) is 106 cm³/mol. The van der Waals surface area contributed by atoms with Gasteiger partial charge in [-0.25, -0.2) is 0 Å². The molecular weight excluding hydrogens is 322 g/mol. The summed E-state index contributed by atoms with van der Waals surface area (Å²) < 4.78 is 2.07. The number of nitrogens with one attached hydrogen (secondary N) is 1. The summed E-state index contributed by atoms with van der Waals surface area (Å²) in [5.74, 6) is -0.400. The van der Waals surface area contributed by atoms with Crippen LogP contribution in [0.5, 0.6) is 0 Å². The first kappa shape index (κ1) is 17.5. The highest BCUT2D eigenvalue weighted by atomic mass is 16.1. The molecule has 3 aromatic rings. The van der Waals surface area contributed by atoms with Crippen LogP contribution in [0.3, 0.4) is 0 Å². The van der Waals surface area contributed by atoms with Crippen molar-refractivity contribution < 1.29 is 4.79 Å². The first-order valence-corrected chi connectivity index (χ1v) is 8.46. The summed E-state index contributed by atoms with van der Waals surface area (Å²) >= 11 is 0. The second kappa shape index (κ2) is 6.89. The Bertz CT molecular complexity index is 1080. The first-order valence-electron chi connectivity index (χ1n) is 8.46. The van der Waals surface area contributed by atoms with Gasteiger partial charge in [0.1, 0.15) is 11.6 Å². The van der Waals surface area contributed by atoms with Gasteiger partial charge in [-0.1, -0.05) is 24.3 Å². The summed E-state index contributed by atoms with van der Waals surface area (Å²) in [6.45, 7) is 6.00. The summed E-state index contributed by atoms with van der Waals surface area (Å²) in [7, 11) is 1.98. The van der Waals surface area contributed by atoms with Gasteiger partial charge in [0.15, 0.2) is 0 Å². The van der Waals surface area contributed by atoms with Gasteiger partial charge in [-0.2, -0.15) is 5.26 Å². The Morgan fingerprint density at radius 3 is 2.54 bits per heavy atom. The second-order valence-electron chi connectivity index (χ2n) is 6.50. The van der Waals surface area contributed by atoms with Gasteiger partial charge in [0, 0.05) is 34.9 Å². The van der Waals surface area contributed by atoms with E-state index in [0.717, 1.165) is 33.3 Å². The molecule has 130 valence electrons. The fourth-order valence-corrected chi connectivity index (χ4v) is 3.04. The van der Waals surface area contributed by atoms with Gasteiger partial charge in [0.2, 0.25) is 0 Å². The molecule has 0 saturated carbocycles. The van der Waals surface area contributed by atoms with Crippen molar-refractivity contribution in [3.63, 3.8) is 0 Å². The molecule has 1 aromatic heterocycles. The SMILES string of the molecule is Cc1ccc(NC(=O)/C(C#N)=C/c2c(C)n(C)c3ccccc23)cc1C. The van der Waals surface area contributed by atoms with E-state index in [9.17, 15) is 10.1 Å². The highest BCUT2D eigenvalue weighted by molar-refractivity contribution is 6.11. The number of amides is 1. The molecule has 26 heavy (non-hydrogen) atoms. The molecule has 0 spiro atoms. The molecule has 0 aliphatic carbocycles. The first-order chi connectivity index (χ1) is 12.4. The van der Waals surface area contributed by atoms with E-state index in [1.54, 1.807) is 6.08 Å². The fourth-order valence-electron chi connectivity index (χ4n) is 3.04. The van der Waals surface area contributed by atoms with E-state index in [-0.39, 0.29) is 5.57 Å². The lowest BCUT2D eigenvalue weighted by Gasteiger charge is -2.07. The Kier molecular flexibility index (Phi) is 4.64. The Balaban J connectivity index is 1.99. The van der Waals surface area contributed by atoms with Crippen LogP contribution in [0.2, 0.25) is 0 Å². The maximum absolute atomic E-state index is 12.6. The number of para-hydroxylation sites is 1. The Morgan fingerprint density at radius 1 is 1.12 bits per heavy atom. The van der Waals surface area contributed by atoms with E-state index >= 15 is 0 Å². The third-order valence-electron chi connectivity index (χ3n) is 4.87. The van der Waals surface area contributed by atoms with Crippen LogP contribution >= 0.6 is 0 Å². The smallest absolute Gasteiger partial charge is 0.266 e. The lowest BCUT2D eigenvalue weighted by atomic mass is 10.1. The number of fused-ring (bicyclic) bond motifs is 1. The lowest BCUT2D eigenvalue weighted by Crippen LogP contribution is -2.13. The molecule has 4 heteroatoms. The third kappa shape index (κ3) is 3.12. The number of carbonyl (C=O) groups excluding carboxylic acids is 1. The molecule has 4 nitrogen and oxygen atoms in total. The monoisotopic (exact) mass is 343 g/mol. The predicted octanol–water partition coefficient (Wildman–Crippen LogP) is 4.65. The van der Waals surface area contributed by atoms with Crippen LogP contribution in [-0.2, 0) is 11.8 Å². The topological polar surface area (TPSA) is 57.8 Å². The van der Waals surface area contributed by atoms with Gasteiger partial charge >= 0.3 is 0 Å². The summed E-state index contributed by atoms with van der Waals surface area (Å²) in [5, 5.41) is 13.4. The zero-order chi connectivity index (χ0) is 18.8. The number of rotatable bonds is 3. The Hall–Kier alpha value is -3.32. The van der Waals surface area contributed by atoms with Crippen LogP contribution in [0.25, 0.3) is 17.0 Å². The lowest BCUT2D eigenvalue weighted by molar-refractivity contribution is -0.112. The molecule has 2 aromatic carbocycles. The molecule has 0 aliphatic heterocycles. The largest absolute Gasteiger partial charge is 0.347 e. The molecule has 0 fully saturated rings. The molecule has 0 saturated heterocycles. The van der Waals surface area contributed by atoms with Crippen LogP contribution in [0.15, 0.2) is 48.0 Å². The summed E-state index contributed by atoms with van der Waals surface area (Å²) in [6.07, 6.45) is 1.67. The van der Waals surface area contributed by atoms with Crippen molar-refractivity contribution in [2.45, 2.75) is 20.8 Å². The van der Waals surface area contributed by atoms with Crippen LogP contribution in [-0.4, -0.2) is 10.5 Å². The van der Waals surface area contributed by atoms with Crippen molar-refractivity contribution in [3.8, 4) is 6.07 Å². The van der Waals surface area contributed by atoms with Crippen molar-refractivity contribution in [2.75, 3.05) is 5.32 Å². The molecule has 1 N–H and O–H groups in total. The quantitative estimate of drug-likeness (QED) is 0.556. The maximum atomic E-state index is 12.6. The summed E-state index contributed by atoms with van der Waals surface area (Å²) in [6, 6.07) is 15.7. The van der Waals surface area contributed by atoms with Gasteiger partial charge in [-0.05, 0) is 56.2 Å². The highest BCUT2D eigenvalue weighted by Crippen LogP contribution is 2.27. The summed E-state index contributed by atoms with van der Waals surface area (Å²) in [5.41, 5.74) is 6.01. The van der Waals surface area contributed by atoms with E-state index in [2.05, 4.69) is 9.88 Å². The van der Waals surface area contributed by atoms with E-state index in [4.69, 9.17) is 0 Å². The van der Waals surface area contributed by atoms with Crippen molar-refractivity contribution in [2.24, 2.45) is 7.05 Å². The van der Waals surface area contributed by atoms with Crippen molar-refractivity contribution in [1.29, 1.82) is 5.26 Å². The summed E-state index contributed by atoms with van der Waals surface area (Å²) in [4.78, 5) is 12.6. The van der Waals surface area contributed by atoms with Gasteiger partial charge in [0.05, 0.1) is 0 Å². The number of carbonyl (C=O) groups is 1. The molecule has 0 aliphatic rings. The van der Waals surface area contributed by atoms with Crippen LogP contribution in [0.1, 0.15) is 22.4 Å². The van der Waals surface area contributed by atoms with Gasteiger partial charge in [0.25, 0.3) is 5.91 Å². The highest BCUT2D eigenvalue weighted by Gasteiger charge is 2.14. The van der Waals surface area contributed by atoms with Crippen molar-refractivity contribution >= 4 is 28.6 Å². The zero-order valence-electron chi connectivity index (χ0n) is 15.4. The number of anilines is 1. The minimum atomic E-state index is -0.400. The van der Waals surface area contributed by atoms with E-state index in [0.29, 0.717) is 5.69 Å². The molecule has 3 rings (SSSR count). The molecule has 0 radical (unpaired) electrons. The second-order valence-corrected chi connectivity index (χ2v) is 6.50. The molecule has 0 unspecified atom stereocenters. The van der Waals surface area contributed by atoms with Crippen LogP contribution < -0.4 is 5.32 Å². The number of benzene rings is 2. The van der Waals surface area contributed by atoms with Crippen LogP contribution in [0, 0.1) is 32.1 Å². The average Bonchev–Trinajstić information content (AvgIpc) is 2.87. The number of hydrogen-bond donors (Lipinski definition) is 1. The fraction of sp³-hybridized carbons (Fsp3) is 0.182.